The van der Waals surface area contributed by atoms with E-state index in [1.807, 2.05) is 25.1 Å². The molecule has 0 radical (unpaired) electrons. The van der Waals surface area contributed by atoms with Crippen LogP contribution in [-0.2, 0) is 14.8 Å². The minimum absolute atomic E-state index is 0.121. The van der Waals surface area contributed by atoms with Crippen molar-refractivity contribution in [1.29, 1.82) is 0 Å². The first kappa shape index (κ1) is 22.3. The summed E-state index contributed by atoms with van der Waals surface area (Å²) in [6.45, 7) is 6.99. The number of aromatic nitrogens is 2. The van der Waals surface area contributed by atoms with Crippen molar-refractivity contribution in [2.75, 3.05) is 56.0 Å². The fourth-order valence-electron chi connectivity index (χ4n) is 3.42. The van der Waals surface area contributed by atoms with Gasteiger partial charge in [-0.25, -0.2) is 18.4 Å². The zero-order chi connectivity index (χ0) is 22.4. The lowest BCUT2D eigenvalue weighted by molar-refractivity contribution is 0.0398. The molecule has 0 bridgehead atoms. The molecule has 0 aliphatic carbocycles. The zero-order valence-electron chi connectivity index (χ0n) is 18.0. The van der Waals surface area contributed by atoms with Gasteiger partial charge in [-0.15, -0.1) is 0 Å². The molecule has 1 fully saturated rings. The van der Waals surface area contributed by atoms with Crippen LogP contribution in [0.25, 0.3) is 11.0 Å². The molecule has 0 saturated carbocycles. The van der Waals surface area contributed by atoms with Gasteiger partial charge in [-0.05, 0) is 43.3 Å². The Labute approximate surface area is 187 Å². The van der Waals surface area contributed by atoms with Gasteiger partial charge in [0.05, 0.1) is 35.7 Å². The number of benzene rings is 2. The molecule has 0 unspecified atom stereocenters. The Kier molecular flexibility index (Phi) is 7.03. The van der Waals surface area contributed by atoms with Crippen molar-refractivity contribution in [3.63, 3.8) is 0 Å². The summed E-state index contributed by atoms with van der Waals surface area (Å²) in [6.07, 6.45) is 0. The van der Waals surface area contributed by atoms with Crippen molar-refractivity contribution in [2.45, 2.75) is 11.8 Å². The van der Waals surface area contributed by atoms with Gasteiger partial charge in [0.25, 0.3) is 10.0 Å². The number of rotatable bonds is 9. The van der Waals surface area contributed by atoms with Crippen molar-refractivity contribution in [2.24, 2.45) is 0 Å². The SMILES string of the molecule is CCOc1ccc(S(=O)(=O)Nc2nc3ccccc3nc2NCCN2CCOCC2)cc1. The topological polar surface area (TPSA) is 106 Å². The van der Waals surface area contributed by atoms with E-state index in [0.29, 0.717) is 35.8 Å². The number of para-hydroxylation sites is 2. The number of morpholine rings is 1. The molecular formula is C22H27N5O4S. The minimum Gasteiger partial charge on any atom is -0.494 e. The normalized spacial score (nSPS) is 14.9. The van der Waals surface area contributed by atoms with Gasteiger partial charge in [0.15, 0.2) is 11.6 Å². The second-order valence-corrected chi connectivity index (χ2v) is 8.98. The molecule has 170 valence electrons. The van der Waals surface area contributed by atoms with E-state index in [-0.39, 0.29) is 10.7 Å². The molecule has 2 heterocycles. The van der Waals surface area contributed by atoms with Crippen molar-refractivity contribution in [3.8, 4) is 5.75 Å². The number of fused-ring (bicyclic) bond motifs is 1. The van der Waals surface area contributed by atoms with E-state index in [4.69, 9.17) is 9.47 Å². The van der Waals surface area contributed by atoms with Crippen molar-refractivity contribution in [1.82, 2.24) is 14.9 Å². The van der Waals surface area contributed by atoms with Gasteiger partial charge in [0.2, 0.25) is 0 Å². The first-order valence-electron chi connectivity index (χ1n) is 10.6. The zero-order valence-corrected chi connectivity index (χ0v) is 18.8. The molecular weight excluding hydrogens is 430 g/mol. The van der Waals surface area contributed by atoms with E-state index in [1.165, 1.54) is 12.1 Å². The fraction of sp³-hybridized carbons (Fsp3) is 0.364. The first-order chi connectivity index (χ1) is 15.5. The maximum absolute atomic E-state index is 13.0. The number of hydrogen-bond donors (Lipinski definition) is 2. The quantitative estimate of drug-likeness (QED) is 0.505. The maximum atomic E-state index is 13.0. The van der Waals surface area contributed by atoms with Crippen LogP contribution in [0.15, 0.2) is 53.4 Å². The van der Waals surface area contributed by atoms with E-state index in [2.05, 4.69) is 24.9 Å². The second-order valence-electron chi connectivity index (χ2n) is 7.30. The van der Waals surface area contributed by atoms with E-state index in [9.17, 15) is 8.42 Å². The molecule has 2 N–H and O–H groups in total. The summed E-state index contributed by atoms with van der Waals surface area (Å²) in [7, 11) is -3.86. The van der Waals surface area contributed by atoms with Gasteiger partial charge in [0, 0.05) is 26.2 Å². The number of sulfonamides is 1. The van der Waals surface area contributed by atoms with Gasteiger partial charge in [0.1, 0.15) is 5.75 Å². The van der Waals surface area contributed by atoms with Gasteiger partial charge in [-0.1, -0.05) is 12.1 Å². The molecule has 0 spiro atoms. The molecule has 1 aliphatic heterocycles. The molecule has 1 saturated heterocycles. The average molecular weight is 458 g/mol. The number of hydrogen-bond acceptors (Lipinski definition) is 8. The van der Waals surface area contributed by atoms with Crippen molar-refractivity contribution >= 4 is 32.7 Å². The Balaban J connectivity index is 1.55. The van der Waals surface area contributed by atoms with Crippen LogP contribution in [-0.4, -0.2) is 69.3 Å². The summed E-state index contributed by atoms with van der Waals surface area (Å²) < 4.78 is 39.4. The summed E-state index contributed by atoms with van der Waals surface area (Å²) in [6, 6.07) is 13.6. The number of ether oxygens (including phenoxy) is 2. The predicted molar refractivity (Wildman–Crippen MR) is 124 cm³/mol. The van der Waals surface area contributed by atoms with Crippen LogP contribution in [0.1, 0.15) is 6.92 Å². The standard InChI is InChI=1S/C22H27N5O4S/c1-2-31-17-7-9-18(10-8-17)32(28,29)26-22-21(23-11-12-27-13-15-30-16-14-27)24-19-5-3-4-6-20(19)25-22/h3-10H,2,11-16H2,1H3,(H,23,24)(H,25,26). The summed E-state index contributed by atoms with van der Waals surface area (Å²) in [5, 5.41) is 3.25. The highest BCUT2D eigenvalue weighted by Crippen LogP contribution is 2.25. The van der Waals surface area contributed by atoms with E-state index >= 15 is 0 Å². The monoisotopic (exact) mass is 457 g/mol. The van der Waals surface area contributed by atoms with Crippen molar-refractivity contribution in [3.05, 3.63) is 48.5 Å². The summed E-state index contributed by atoms with van der Waals surface area (Å²) >= 11 is 0. The largest absolute Gasteiger partial charge is 0.494 e. The molecule has 0 amide bonds. The number of nitrogens with one attached hydrogen (secondary N) is 2. The lowest BCUT2D eigenvalue weighted by Gasteiger charge is -2.26. The van der Waals surface area contributed by atoms with Crippen LogP contribution in [0.5, 0.6) is 5.75 Å². The highest BCUT2D eigenvalue weighted by molar-refractivity contribution is 7.92. The Morgan fingerprint density at radius 2 is 1.66 bits per heavy atom. The van der Waals surface area contributed by atoms with Crippen LogP contribution in [0.2, 0.25) is 0 Å². The van der Waals surface area contributed by atoms with Gasteiger partial charge < -0.3 is 14.8 Å². The highest BCUT2D eigenvalue weighted by atomic mass is 32.2. The van der Waals surface area contributed by atoms with Gasteiger partial charge in [-0.2, -0.15) is 0 Å². The third-order valence-electron chi connectivity index (χ3n) is 5.07. The lowest BCUT2D eigenvalue weighted by Crippen LogP contribution is -2.39. The van der Waals surface area contributed by atoms with E-state index in [1.54, 1.807) is 18.2 Å². The van der Waals surface area contributed by atoms with Crippen LogP contribution < -0.4 is 14.8 Å². The third kappa shape index (κ3) is 5.45. The molecule has 1 aliphatic rings. The fourth-order valence-corrected chi connectivity index (χ4v) is 4.43. The van der Waals surface area contributed by atoms with E-state index in [0.717, 1.165) is 32.8 Å². The molecule has 0 atom stereocenters. The van der Waals surface area contributed by atoms with Crippen LogP contribution in [0.4, 0.5) is 11.6 Å². The van der Waals surface area contributed by atoms with Crippen LogP contribution in [0.3, 0.4) is 0 Å². The Morgan fingerprint density at radius 3 is 2.31 bits per heavy atom. The molecule has 1 aromatic heterocycles. The second kappa shape index (κ2) is 10.1. The number of nitrogens with zero attached hydrogens (tertiary/aromatic N) is 3. The molecule has 4 rings (SSSR count). The van der Waals surface area contributed by atoms with Crippen molar-refractivity contribution < 1.29 is 17.9 Å². The summed E-state index contributed by atoms with van der Waals surface area (Å²) in [4.78, 5) is 11.5. The Morgan fingerprint density at radius 1 is 1.00 bits per heavy atom. The number of anilines is 2. The minimum atomic E-state index is -3.86. The summed E-state index contributed by atoms with van der Waals surface area (Å²) in [5.41, 5.74) is 1.29. The molecule has 9 nitrogen and oxygen atoms in total. The van der Waals surface area contributed by atoms with Crippen LogP contribution >= 0.6 is 0 Å². The van der Waals surface area contributed by atoms with Gasteiger partial charge in [-0.3, -0.25) is 9.62 Å². The highest BCUT2D eigenvalue weighted by Gasteiger charge is 2.19. The Hall–Kier alpha value is -2.95. The smallest absolute Gasteiger partial charge is 0.263 e. The first-order valence-corrected chi connectivity index (χ1v) is 12.1. The molecule has 3 aromatic rings. The average Bonchev–Trinajstić information content (AvgIpc) is 2.80. The predicted octanol–water partition coefficient (Wildman–Crippen LogP) is 2.57. The lowest BCUT2D eigenvalue weighted by atomic mass is 10.3. The van der Waals surface area contributed by atoms with E-state index < -0.39 is 10.0 Å². The third-order valence-corrected chi connectivity index (χ3v) is 6.43. The Bertz CT molecular complexity index is 1150. The summed E-state index contributed by atoms with van der Waals surface area (Å²) in [5.74, 6) is 1.17. The molecule has 2 aromatic carbocycles. The van der Waals surface area contributed by atoms with Gasteiger partial charge >= 0.3 is 0 Å². The van der Waals surface area contributed by atoms with Crippen LogP contribution in [0, 0.1) is 0 Å². The maximum Gasteiger partial charge on any atom is 0.263 e. The molecule has 10 heteroatoms. The molecule has 32 heavy (non-hydrogen) atoms.